The van der Waals surface area contributed by atoms with E-state index in [1.807, 2.05) is 42.5 Å². The molecule has 3 aromatic rings. The zero-order valence-corrected chi connectivity index (χ0v) is 16.7. The number of hydrogen-bond donors (Lipinski definition) is 1. The van der Waals surface area contributed by atoms with E-state index in [1.165, 1.54) is 0 Å². The Labute approximate surface area is 174 Å². The summed E-state index contributed by atoms with van der Waals surface area (Å²) in [6.07, 6.45) is 4.29. The highest BCUT2D eigenvalue weighted by atomic mass is 35.5. The first-order valence-corrected chi connectivity index (χ1v) is 9.78. The molecule has 2 atom stereocenters. The molecule has 0 spiro atoms. The van der Waals surface area contributed by atoms with E-state index in [2.05, 4.69) is 10.3 Å². The summed E-state index contributed by atoms with van der Waals surface area (Å²) in [6, 6.07) is 16.9. The van der Waals surface area contributed by atoms with Gasteiger partial charge in [-0.1, -0.05) is 29.8 Å². The molecule has 6 heteroatoms. The number of carbonyl (C=O) groups excluding carboxylic acids is 1. The minimum Gasteiger partial charge on any atom is -0.493 e. The van der Waals surface area contributed by atoms with Crippen molar-refractivity contribution in [3.63, 3.8) is 0 Å². The summed E-state index contributed by atoms with van der Waals surface area (Å²) in [7, 11) is 1.59. The zero-order valence-electron chi connectivity index (χ0n) is 16.0. The van der Waals surface area contributed by atoms with Crippen molar-refractivity contribution in [1.82, 2.24) is 4.98 Å². The van der Waals surface area contributed by atoms with E-state index in [9.17, 15) is 4.79 Å². The van der Waals surface area contributed by atoms with Crippen molar-refractivity contribution in [2.75, 3.05) is 12.4 Å². The summed E-state index contributed by atoms with van der Waals surface area (Å²) in [4.78, 5) is 16.7. The molecule has 2 unspecified atom stereocenters. The Bertz CT molecular complexity index is 1010. The van der Waals surface area contributed by atoms with Crippen LogP contribution in [0, 0.1) is 5.92 Å². The summed E-state index contributed by atoms with van der Waals surface area (Å²) < 4.78 is 11.3. The molecule has 0 radical (unpaired) electrons. The average Bonchev–Trinajstić information content (AvgIpc) is 3.54. The van der Waals surface area contributed by atoms with Crippen LogP contribution in [0.25, 0.3) is 0 Å². The van der Waals surface area contributed by atoms with Crippen LogP contribution in [0.1, 0.15) is 23.5 Å². The van der Waals surface area contributed by atoms with Crippen LogP contribution < -0.4 is 14.8 Å². The highest BCUT2D eigenvalue weighted by Gasteiger charge is 2.44. The first kappa shape index (κ1) is 19.3. The Morgan fingerprint density at radius 1 is 1.17 bits per heavy atom. The Hall–Kier alpha value is -3.05. The van der Waals surface area contributed by atoms with Crippen molar-refractivity contribution in [2.45, 2.75) is 18.9 Å². The minimum atomic E-state index is -0.0460. The maximum absolute atomic E-state index is 12.7. The van der Waals surface area contributed by atoms with Gasteiger partial charge < -0.3 is 14.8 Å². The third kappa shape index (κ3) is 4.69. The number of amides is 1. The number of rotatable bonds is 7. The Kier molecular flexibility index (Phi) is 5.67. The summed E-state index contributed by atoms with van der Waals surface area (Å²) in [6.45, 7) is 0.362. The van der Waals surface area contributed by atoms with E-state index in [0.29, 0.717) is 28.8 Å². The molecule has 1 fully saturated rings. The minimum absolute atomic E-state index is 0.00153. The molecule has 1 N–H and O–H groups in total. The highest BCUT2D eigenvalue weighted by molar-refractivity contribution is 6.30. The molecule has 2 aromatic carbocycles. The van der Waals surface area contributed by atoms with Crippen LogP contribution in [-0.4, -0.2) is 18.0 Å². The molecule has 1 heterocycles. The van der Waals surface area contributed by atoms with E-state index >= 15 is 0 Å². The van der Waals surface area contributed by atoms with Gasteiger partial charge in [-0.25, -0.2) is 0 Å². The van der Waals surface area contributed by atoms with Gasteiger partial charge in [-0.05, 0) is 48.2 Å². The lowest BCUT2D eigenvalue weighted by molar-refractivity contribution is -0.117. The maximum atomic E-state index is 12.7. The van der Waals surface area contributed by atoms with E-state index in [0.717, 1.165) is 17.5 Å². The van der Waals surface area contributed by atoms with Gasteiger partial charge in [0.05, 0.1) is 7.11 Å². The summed E-state index contributed by atoms with van der Waals surface area (Å²) in [5, 5.41) is 3.68. The number of nitrogens with zero attached hydrogens (tertiary/aromatic N) is 1. The van der Waals surface area contributed by atoms with Crippen molar-refractivity contribution in [3.8, 4) is 11.5 Å². The number of aromatic nitrogens is 1. The van der Waals surface area contributed by atoms with Gasteiger partial charge in [-0.3, -0.25) is 9.78 Å². The van der Waals surface area contributed by atoms with Crippen LogP contribution in [0.5, 0.6) is 11.5 Å². The van der Waals surface area contributed by atoms with Crippen LogP contribution in [0.4, 0.5) is 5.69 Å². The largest absolute Gasteiger partial charge is 0.493 e. The molecule has 0 aliphatic heterocycles. The van der Waals surface area contributed by atoms with E-state index in [1.54, 1.807) is 31.6 Å². The monoisotopic (exact) mass is 408 g/mol. The number of pyridine rings is 1. The Morgan fingerprint density at radius 2 is 2.07 bits per heavy atom. The number of halogens is 1. The highest BCUT2D eigenvalue weighted by Crippen LogP contribution is 2.48. The number of methoxy groups -OCH3 is 1. The molecule has 1 aromatic heterocycles. The van der Waals surface area contributed by atoms with Gasteiger partial charge in [0.1, 0.15) is 6.61 Å². The first-order chi connectivity index (χ1) is 14.1. The topological polar surface area (TPSA) is 60.5 Å². The first-order valence-electron chi connectivity index (χ1n) is 9.40. The van der Waals surface area contributed by atoms with Crippen LogP contribution in [0.15, 0.2) is 67.0 Å². The van der Waals surface area contributed by atoms with Crippen molar-refractivity contribution >= 4 is 23.2 Å². The van der Waals surface area contributed by atoms with Gasteiger partial charge in [-0.2, -0.15) is 0 Å². The summed E-state index contributed by atoms with van der Waals surface area (Å²) >= 11 is 6.06. The zero-order chi connectivity index (χ0) is 20.2. The van der Waals surface area contributed by atoms with Crippen LogP contribution >= 0.6 is 11.6 Å². The molecular formula is C23H21ClN2O3. The van der Waals surface area contributed by atoms with Crippen molar-refractivity contribution in [3.05, 3.63) is 83.1 Å². The summed E-state index contributed by atoms with van der Waals surface area (Å²) in [5.41, 5.74) is 2.73. The Morgan fingerprint density at radius 3 is 2.83 bits per heavy atom. The lowest BCUT2D eigenvalue weighted by Crippen LogP contribution is -2.14. The van der Waals surface area contributed by atoms with Crippen molar-refractivity contribution in [1.29, 1.82) is 0 Å². The lowest BCUT2D eigenvalue weighted by Gasteiger charge is -2.13. The van der Waals surface area contributed by atoms with Gasteiger partial charge in [-0.15, -0.1) is 0 Å². The van der Waals surface area contributed by atoms with Crippen LogP contribution in [0.3, 0.4) is 0 Å². The smallest absolute Gasteiger partial charge is 0.228 e. The predicted molar refractivity (Wildman–Crippen MR) is 112 cm³/mol. The SMILES string of the molecule is COc1ccc(NC(=O)C2CC2c2cccc(Cl)c2)cc1OCc1cccnc1. The van der Waals surface area contributed by atoms with Gasteiger partial charge in [0.25, 0.3) is 0 Å². The molecular weight excluding hydrogens is 388 g/mol. The third-order valence-corrected chi connectivity index (χ3v) is 5.19. The molecule has 1 aliphatic carbocycles. The molecule has 1 amide bonds. The number of benzene rings is 2. The fourth-order valence-corrected chi connectivity index (χ4v) is 3.54. The second-order valence-electron chi connectivity index (χ2n) is 7.01. The normalized spacial score (nSPS) is 17.4. The van der Waals surface area contributed by atoms with Gasteiger partial charge in [0.2, 0.25) is 5.91 Å². The van der Waals surface area contributed by atoms with Gasteiger partial charge in [0.15, 0.2) is 11.5 Å². The Balaban J connectivity index is 1.41. The predicted octanol–water partition coefficient (Wildman–Crippen LogP) is 5.06. The lowest BCUT2D eigenvalue weighted by atomic mass is 10.1. The molecule has 1 aliphatic rings. The molecule has 0 saturated heterocycles. The van der Waals surface area contributed by atoms with E-state index in [4.69, 9.17) is 21.1 Å². The fraction of sp³-hybridized carbons (Fsp3) is 0.217. The number of ether oxygens (including phenoxy) is 2. The van der Waals surface area contributed by atoms with E-state index < -0.39 is 0 Å². The fourth-order valence-electron chi connectivity index (χ4n) is 3.34. The standard InChI is InChI=1S/C23H21ClN2O3/c1-28-21-8-7-18(11-22(21)29-14-15-4-3-9-25-13-15)26-23(27)20-12-19(20)16-5-2-6-17(24)10-16/h2-11,13,19-20H,12,14H2,1H3,(H,26,27). The van der Waals surface area contributed by atoms with Gasteiger partial charge >= 0.3 is 0 Å². The van der Waals surface area contributed by atoms with Crippen LogP contribution in [-0.2, 0) is 11.4 Å². The maximum Gasteiger partial charge on any atom is 0.228 e. The number of nitrogens with one attached hydrogen (secondary N) is 1. The third-order valence-electron chi connectivity index (χ3n) is 4.95. The quantitative estimate of drug-likeness (QED) is 0.593. The summed E-state index contributed by atoms with van der Waals surface area (Å²) in [5.74, 6) is 1.34. The average molecular weight is 409 g/mol. The van der Waals surface area contributed by atoms with Crippen molar-refractivity contribution < 1.29 is 14.3 Å². The molecule has 1 saturated carbocycles. The second kappa shape index (κ2) is 8.53. The number of hydrogen-bond acceptors (Lipinski definition) is 4. The van der Waals surface area contributed by atoms with Gasteiger partial charge in [0, 0.05) is 40.7 Å². The molecule has 5 nitrogen and oxygen atoms in total. The van der Waals surface area contributed by atoms with Crippen molar-refractivity contribution in [2.24, 2.45) is 5.92 Å². The van der Waals surface area contributed by atoms with Crippen LogP contribution in [0.2, 0.25) is 5.02 Å². The number of anilines is 1. The molecule has 29 heavy (non-hydrogen) atoms. The molecule has 148 valence electrons. The molecule has 0 bridgehead atoms. The second-order valence-corrected chi connectivity index (χ2v) is 7.44. The molecule has 4 rings (SSSR count). The van der Waals surface area contributed by atoms with E-state index in [-0.39, 0.29) is 17.7 Å². The number of carbonyl (C=O) groups is 1.